The Morgan fingerprint density at radius 1 is 0.565 bits per heavy atom. The summed E-state index contributed by atoms with van der Waals surface area (Å²) in [5.74, 6) is -3.11. The van der Waals surface area contributed by atoms with Gasteiger partial charge in [0.2, 0.25) is 47.3 Å². The standard InChI is InChI=1S/C34H50BrN5O6.C34H48BrN5O6/c2*1-5-21(3)30-34(45)39-17-11-10-14-29(39)33(44)36-26(13-9-7-8-12-24(41)6-2)31(42)37-27(32(43)38-30)18-22-20-40(46-4)28-16-15-23(35)19-25(22)28/h15-16,19,21-22,26-27,29-30H,5-14,17-18,20H2,1-4H3,(H,36,44)(H,37,42)(H,38,43);15-16,19-21,26-27,29-30H,5-14,17-18H2,1-4H3,(H,36,44)(H,37,42)(H,38,43)/t21?,22?,26-,27-,29+,30-;21?,26-,27-,29+,30-/m00/s1. The summed E-state index contributed by atoms with van der Waals surface area (Å²) in [7, 11) is 3.15. The van der Waals surface area contributed by atoms with E-state index in [1.54, 1.807) is 40.0 Å². The molecule has 6 heterocycles. The molecule has 5 aliphatic rings. The van der Waals surface area contributed by atoms with E-state index in [0.717, 1.165) is 75.2 Å². The SMILES string of the molecule is CCC(=O)CCCCC[C@@H]1NC(=O)[C@H]2CCCCN2C(=O)[C@H](C(C)CC)NC(=O)[C@H](CC2CN(OC)c3ccc(Br)cc32)NC1=O.CCC(=O)CCCCC[C@@H]1NC(=O)[C@H]2CCCCN2C(=O)[C@H](C(C)CC)NC(=O)[C@H](Cc2cn(OC)c3ccc(Br)cc23)NC1=O. The van der Waals surface area contributed by atoms with E-state index in [1.807, 2.05) is 77.9 Å². The first kappa shape index (κ1) is 73.0. The van der Waals surface area contributed by atoms with Crippen molar-refractivity contribution >= 4 is 107 Å². The first-order chi connectivity index (χ1) is 44.1. The molecule has 8 amide bonds. The van der Waals surface area contributed by atoms with Crippen LogP contribution in [0.2, 0.25) is 0 Å². The number of Topliss-reactive ketones (excluding diaryl/α,β-unsaturated/α-hetero) is 2. The molecule has 0 aliphatic carbocycles. The maximum Gasteiger partial charge on any atom is 0.246 e. The molecule has 0 spiro atoms. The van der Waals surface area contributed by atoms with E-state index in [0.29, 0.717) is 110 Å². The molecule has 24 heteroatoms. The Morgan fingerprint density at radius 3 is 1.54 bits per heavy atom. The number of fused-ring (bicyclic) bond motifs is 4. The smallest absolute Gasteiger partial charge is 0.246 e. The van der Waals surface area contributed by atoms with Gasteiger partial charge in [0, 0.05) is 71.6 Å². The zero-order valence-electron chi connectivity index (χ0n) is 55.0. The molecule has 1 aromatic heterocycles. The van der Waals surface area contributed by atoms with Gasteiger partial charge in [0.15, 0.2) is 0 Å². The fourth-order valence-electron chi connectivity index (χ4n) is 13.2. The number of hydrogen-bond acceptors (Lipinski definition) is 13. The second kappa shape index (κ2) is 35.2. The number of aromatic nitrogens is 1. The third-order valence-electron chi connectivity index (χ3n) is 19.2. The predicted molar refractivity (Wildman–Crippen MR) is 358 cm³/mol. The molecule has 8 rings (SSSR count). The van der Waals surface area contributed by atoms with Crippen LogP contribution in [-0.4, -0.2) is 156 Å². The quantitative estimate of drug-likeness (QED) is 0.0465. The average Bonchev–Trinajstić information content (AvgIpc) is 1.57. The van der Waals surface area contributed by atoms with Gasteiger partial charge in [-0.05, 0) is 130 Å². The molecular formula is C68H98Br2N10O12. The molecule has 4 fully saturated rings. The Balaban J connectivity index is 0.000000261. The summed E-state index contributed by atoms with van der Waals surface area (Å²) in [6.07, 6.45) is 14.4. The highest BCUT2D eigenvalue weighted by Gasteiger charge is 2.44. The molecule has 11 atom stereocenters. The number of nitrogens with one attached hydrogen (secondary N) is 6. The van der Waals surface area contributed by atoms with Gasteiger partial charge in [-0.15, -0.1) is 0 Å². The second-order valence-corrected chi connectivity index (χ2v) is 27.3. The number of hydroxylamine groups is 1. The number of hydrogen-bond donors (Lipinski definition) is 6. The molecule has 3 unspecified atom stereocenters. The molecule has 5 aliphatic heterocycles. The van der Waals surface area contributed by atoms with Gasteiger partial charge in [-0.3, -0.25) is 57.8 Å². The van der Waals surface area contributed by atoms with Crippen molar-refractivity contribution < 1.29 is 57.6 Å². The molecule has 4 saturated heterocycles. The largest absolute Gasteiger partial charge is 0.417 e. The summed E-state index contributed by atoms with van der Waals surface area (Å²) >= 11 is 7.08. The molecule has 2 aromatic carbocycles. The van der Waals surface area contributed by atoms with Crippen LogP contribution < -0.4 is 41.8 Å². The van der Waals surface area contributed by atoms with Crippen molar-refractivity contribution in [3.8, 4) is 0 Å². The molecule has 506 valence electrons. The lowest BCUT2D eigenvalue weighted by Crippen LogP contribution is -2.64. The second-order valence-electron chi connectivity index (χ2n) is 25.5. The van der Waals surface area contributed by atoms with Crippen LogP contribution in [-0.2, 0) is 59.2 Å². The maximum atomic E-state index is 14.1. The minimum absolute atomic E-state index is 0.133. The van der Waals surface area contributed by atoms with Crippen molar-refractivity contribution in [3.63, 3.8) is 0 Å². The lowest BCUT2D eigenvalue weighted by Gasteiger charge is -2.39. The van der Waals surface area contributed by atoms with Crippen molar-refractivity contribution in [1.82, 2.24) is 46.4 Å². The van der Waals surface area contributed by atoms with E-state index in [9.17, 15) is 47.9 Å². The monoisotopic (exact) mass is 1400 g/mol. The van der Waals surface area contributed by atoms with Crippen LogP contribution in [0.4, 0.5) is 5.69 Å². The first-order valence-corrected chi connectivity index (χ1v) is 35.1. The van der Waals surface area contributed by atoms with Gasteiger partial charge in [-0.2, -0.15) is 4.73 Å². The van der Waals surface area contributed by atoms with Crippen LogP contribution in [0.25, 0.3) is 10.9 Å². The number of unbranched alkanes of at least 4 members (excludes halogenated alkanes) is 4. The average molecular weight is 1410 g/mol. The zero-order chi connectivity index (χ0) is 66.8. The number of carbonyl (C=O) groups is 10. The molecular weight excluding hydrogens is 1310 g/mol. The third-order valence-corrected chi connectivity index (χ3v) is 20.2. The minimum atomic E-state index is -1.03. The molecule has 6 N–H and O–H groups in total. The van der Waals surface area contributed by atoms with Crippen molar-refractivity contribution in [1.29, 1.82) is 0 Å². The molecule has 92 heavy (non-hydrogen) atoms. The zero-order valence-corrected chi connectivity index (χ0v) is 58.2. The van der Waals surface area contributed by atoms with Crippen molar-refractivity contribution in [2.45, 2.75) is 237 Å². The van der Waals surface area contributed by atoms with Crippen LogP contribution in [0.5, 0.6) is 0 Å². The summed E-state index contributed by atoms with van der Waals surface area (Å²) in [5.41, 5.74) is 3.46. The number of rotatable bonds is 24. The van der Waals surface area contributed by atoms with E-state index in [1.165, 1.54) is 0 Å². The molecule has 3 aromatic rings. The first-order valence-electron chi connectivity index (χ1n) is 33.6. The van der Waals surface area contributed by atoms with Gasteiger partial charge in [0.1, 0.15) is 67.0 Å². The summed E-state index contributed by atoms with van der Waals surface area (Å²) < 4.78 is 3.35. The summed E-state index contributed by atoms with van der Waals surface area (Å²) in [6, 6.07) is 4.76. The van der Waals surface area contributed by atoms with Crippen LogP contribution >= 0.6 is 31.9 Å². The number of halogens is 2. The van der Waals surface area contributed by atoms with Crippen LogP contribution in [0.3, 0.4) is 0 Å². The highest BCUT2D eigenvalue weighted by Crippen LogP contribution is 2.41. The summed E-state index contributed by atoms with van der Waals surface area (Å²) in [5, 5.41) is 20.5. The third kappa shape index (κ3) is 18.9. The molecule has 0 radical (unpaired) electrons. The number of carbonyl (C=O) groups excluding carboxylic acids is 10. The Hall–Kier alpha value is -6.40. The van der Waals surface area contributed by atoms with Gasteiger partial charge in [-0.1, -0.05) is 112 Å². The fourth-order valence-corrected chi connectivity index (χ4v) is 13.9. The van der Waals surface area contributed by atoms with E-state index in [2.05, 4.69) is 63.8 Å². The molecule has 0 saturated carbocycles. The lowest BCUT2D eigenvalue weighted by atomic mass is 9.91. The fraction of sp³-hybridized carbons (Fsp3) is 0.647. The Bertz CT molecular complexity index is 3110. The molecule has 22 nitrogen and oxygen atoms in total. The van der Waals surface area contributed by atoms with E-state index in [4.69, 9.17) is 9.68 Å². The molecule has 0 bridgehead atoms. The van der Waals surface area contributed by atoms with Crippen molar-refractivity contribution in [2.24, 2.45) is 11.8 Å². The number of amides is 8. The van der Waals surface area contributed by atoms with Crippen molar-refractivity contribution in [2.75, 3.05) is 38.9 Å². The van der Waals surface area contributed by atoms with E-state index < -0.39 is 72.0 Å². The van der Waals surface area contributed by atoms with Gasteiger partial charge in [-0.25, -0.2) is 0 Å². The van der Waals surface area contributed by atoms with Crippen LogP contribution in [0.1, 0.15) is 193 Å². The topological polar surface area (TPSA) is 276 Å². The van der Waals surface area contributed by atoms with E-state index >= 15 is 0 Å². The number of piperidine rings is 2. The normalized spacial score (nSPS) is 24.8. The Kier molecular flexibility index (Phi) is 27.9. The number of benzene rings is 2. The summed E-state index contributed by atoms with van der Waals surface area (Å²) in [6.45, 7) is 12.8. The van der Waals surface area contributed by atoms with Gasteiger partial charge in [0.05, 0.1) is 24.9 Å². The Morgan fingerprint density at radius 2 is 1.04 bits per heavy atom. The van der Waals surface area contributed by atoms with E-state index in [-0.39, 0.29) is 65.8 Å². The van der Waals surface area contributed by atoms with Crippen LogP contribution in [0, 0.1) is 11.8 Å². The van der Waals surface area contributed by atoms with Gasteiger partial charge >= 0.3 is 0 Å². The highest BCUT2D eigenvalue weighted by atomic mass is 79.9. The summed E-state index contributed by atoms with van der Waals surface area (Å²) in [4.78, 5) is 150. The Labute approximate surface area is 558 Å². The minimum Gasteiger partial charge on any atom is -0.417 e. The number of ketones is 2. The highest BCUT2D eigenvalue weighted by molar-refractivity contribution is 9.10. The predicted octanol–water partition coefficient (Wildman–Crippen LogP) is 7.96. The van der Waals surface area contributed by atoms with Gasteiger partial charge in [0.25, 0.3) is 0 Å². The maximum absolute atomic E-state index is 14.1. The number of nitrogens with zero attached hydrogens (tertiary/aromatic N) is 4. The number of anilines is 1. The van der Waals surface area contributed by atoms with Crippen LogP contribution in [0.15, 0.2) is 51.5 Å². The van der Waals surface area contributed by atoms with Gasteiger partial charge < -0.3 is 46.5 Å². The van der Waals surface area contributed by atoms with Crippen molar-refractivity contribution in [3.05, 3.63) is 62.7 Å². The lowest BCUT2D eigenvalue weighted by molar-refractivity contribution is -0.147.